The summed E-state index contributed by atoms with van der Waals surface area (Å²) in [5.41, 5.74) is 0. The van der Waals surface area contributed by atoms with Crippen LogP contribution in [0.25, 0.3) is 0 Å². The van der Waals surface area contributed by atoms with Gasteiger partial charge in [0, 0.05) is 44.9 Å². The molecule has 2 rings (SSSR count). The molecule has 2 fully saturated rings. The highest BCUT2D eigenvalue weighted by atomic mass is 16.3. The molecule has 16 heavy (non-hydrogen) atoms. The number of nitrogens with zero attached hydrogens (tertiary/aromatic N) is 2. The van der Waals surface area contributed by atoms with Crippen molar-refractivity contribution in [1.82, 2.24) is 9.80 Å². The molecule has 3 heteroatoms. The van der Waals surface area contributed by atoms with Crippen molar-refractivity contribution in [2.24, 2.45) is 5.92 Å². The number of hydrogen-bond donors (Lipinski definition) is 1. The van der Waals surface area contributed by atoms with Crippen LogP contribution in [0.1, 0.15) is 33.1 Å². The van der Waals surface area contributed by atoms with Crippen LogP contribution in [0.4, 0.5) is 0 Å². The minimum absolute atomic E-state index is 0.325. The third-order valence-electron chi connectivity index (χ3n) is 3.95. The Bertz CT molecular complexity index is 216. The van der Waals surface area contributed by atoms with Crippen LogP contribution in [-0.2, 0) is 0 Å². The highest BCUT2D eigenvalue weighted by Crippen LogP contribution is 2.30. The minimum atomic E-state index is 0.325. The van der Waals surface area contributed by atoms with E-state index in [1.54, 1.807) is 0 Å². The Morgan fingerprint density at radius 2 is 2.00 bits per heavy atom. The van der Waals surface area contributed by atoms with Crippen LogP contribution in [-0.4, -0.2) is 59.8 Å². The Balaban J connectivity index is 1.85. The van der Waals surface area contributed by atoms with Gasteiger partial charge in [0.25, 0.3) is 0 Å². The van der Waals surface area contributed by atoms with E-state index in [1.165, 1.54) is 32.5 Å². The molecule has 0 amide bonds. The fourth-order valence-corrected chi connectivity index (χ4v) is 2.85. The van der Waals surface area contributed by atoms with Crippen LogP contribution < -0.4 is 0 Å². The summed E-state index contributed by atoms with van der Waals surface area (Å²) in [6.07, 6.45) is 3.81. The summed E-state index contributed by atoms with van der Waals surface area (Å²) in [5.74, 6) is 0.986. The van der Waals surface area contributed by atoms with Gasteiger partial charge in [0.15, 0.2) is 0 Å². The van der Waals surface area contributed by atoms with Crippen LogP contribution in [0.5, 0.6) is 0 Å². The summed E-state index contributed by atoms with van der Waals surface area (Å²) < 4.78 is 0. The van der Waals surface area contributed by atoms with Crippen molar-refractivity contribution < 1.29 is 5.11 Å². The van der Waals surface area contributed by atoms with Gasteiger partial charge in [0.1, 0.15) is 0 Å². The molecule has 2 aliphatic rings. The van der Waals surface area contributed by atoms with Crippen LogP contribution in [0, 0.1) is 5.92 Å². The van der Waals surface area contributed by atoms with Crippen molar-refractivity contribution in [2.45, 2.75) is 45.2 Å². The summed E-state index contributed by atoms with van der Waals surface area (Å²) in [5, 5.41) is 9.15. The van der Waals surface area contributed by atoms with E-state index in [1.807, 2.05) is 0 Å². The Labute approximate surface area is 99.4 Å². The van der Waals surface area contributed by atoms with Gasteiger partial charge >= 0.3 is 0 Å². The van der Waals surface area contributed by atoms with Gasteiger partial charge in [0.2, 0.25) is 0 Å². The maximum absolute atomic E-state index is 9.15. The van der Waals surface area contributed by atoms with Gasteiger partial charge < -0.3 is 10.0 Å². The SMILES string of the molecule is CC(C)N1CCN(CC2CC2)C[C@H]1CCO. The average Bonchev–Trinajstić information content (AvgIpc) is 3.02. The third-order valence-corrected chi connectivity index (χ3v) is 3.95. The molecule has 1 saturated carbocycles. The number of aliphatic hydroxyl groups is 1. The van der Waals surface area contributed by atoms with Gasteiger partial charge in [-0.15, -0.1) is 0 Å². The fraction of sp³-hybridized carbons (Fsp3) is 1.00. The molecule has 1 aliphatic heterocycles. The zero-order valence-corrected chi connectivity index (χ0v) is 10.7. The second-order valence-corrected chi connectivity index (χ2v) is 5.70. The van der Waals surface area contributed by atoms with Crippen molar-refractivity contribution in [3.8, 4) is 0 Å². The van der Waals surface area contributed by atoms with E-state index >= 15 is 0 Å². The molecule has 1 N–H and O–H groups in total. The Kier molecular flexibility index (Phi) is 4.22. The monoisotopic (exact) mass is 226 g/mol. The Morgan fingerprint density at radius 3 is 2.56 bits per heavy atom. The van der Waals surface area contributed by atoms with Gasteiger partial charge in [-0.05, 0) is 39.0 Å². The summed E-state index contributed by atoms with van der Waals surface area (Å²) >= 11 is 0. The molecule has 0 spiro atoms. The molecule has 0 aromatic rings. The smallest absolute Gasteiger partial charge is 0.0446 e. The van der Waals surface area contributed by atoms with Gasteiger partial charge in [-0.2, -0.15) is 0 Å². The summed E-state index contributed by atoms with van der Waals surface area (Å²) in [6.45, 7) is 9.71. The lowest BCUT2D eigenvalue weighted by atomic mass is 10.1. The zero-order chi connectivity index (χ0) is 11.5. The molecule has 3 nitrogen and oxygen atoms in total. The molecule has 1 aliphatic carbocycles. The molecule has 0 unspecified atom stereocenters. The molecule has 1 heterocycles. The predicted octanol–water partition coefficient (Wildman–Crippen LogP) is 1.17. The first-order valence-corrected chi connectivity index (χ1v) is 6.79. The first-order chi connectivity index (χ1) is 7.70. The van der Waals surface area contributed by atoms with Crippen LogP contribution in [0.2, 0.25) is 0 Å². The van der Waals surface area contributed by atoms with E-state index in [2.05, 4.69) is 23.6 Å². The summed E-state index contributed by atoms with van der Waals surface area (Å²) in [7, 11) is 0. The van der Waals surface area contributed by atoms with Gasteiger partial charge in [-0.3, -0.25) is 4.90 Å². The molecule has 0 aromatic heterocycles. The second-order valence-electron chi connectivity index (χ2n) is 5.70. The van der Waals surface area contributed by atoms with E-state index in [-0.39, 0.29) is 0 Å². The Morgan fingerprint density at radius 1 is 1.25 bits per heavy atom. The lowest BCUT2D eigenvalue weighted by molar-refractivity contribution is 0.0364. The maximum Gasteiger partial charge on any atom is 0.0446 e. The van der Waals surface area contributed by atoms with E-state index in [4.69, 9.17) is 5.11 Å². The van der Waals surface area contributed by atoms with Crippen LogP contribution >= 0.6 is 0 Å². The Hall–Kier alpha value is -0.120. The van der Waals surface area contributed by atoms with Crippen molar-refractivity contribution in [3.05, 3.63) is 0 Å². The lowest BCUT2D eigenvalue weighted by Crippen LogP contribution is -2.55. The van der Waals surface area contributed by atoms with Gasteiger partial charge in [0.05, 0.1) is 0 Å². The molecule has 0 bridgehead atoms. The van der Waals surface area contributed by atoms with Crippen LogP contribution in [0.15, 0.2) is 0 Å². The molecule has 1 saturated heterocycles. The number of rotatable bonds is 5. The average molecular weight is 226 g/mol. The molecular formula is C13H26N2O. The maximum atomic E-state index is 9.15. The first kappa shape index (κ1) is 12.3. The zero-order valence-electron chi connectivity index (χ0n) is 10.7. The molecule has 0 aromatic carbocycles. The second kappa shape index (κ2) is 5.48. The normalized spacial score (nSPS) is 28.9. The van der Waals surface area contributed by atoms with Crippen molar-refractivity contribution in [3.63, 3.8) is 0 Å². The third kappa shape index (κ3) is 3.19. The molecule has 0 radical (unpaired) electrons. The quantitative estimate of drug-likeness (QED) is 0.762. The van der Waals surface area contributed by atoms with Gasteiger partial charge in [-0.1, -0.05) is 0 Å². The van der Waals surface area contributed by atoms with E-state index in [0.717, 1.165) is 18.9 Å². The molecule has 1 atom stereocenters. The largest absolute Gasteiger partial charge is 0.396 e. The summed E-state index contributed by atoms with van der Waals surface area (Å²) in [6, 6.07) is 1.18. The highest BCUT2D eigenvalue weighted by Gasteiger charge is 2.31. The first-order valence-electron chi connectivity index (χ1n) is 6.79. The number of hydrogen-bond acceptors (Lipinski definition) is 3. The summed E-state index contributed by atoms with van der Waals surface area (Å²) in [4.78, 5) is 5.16. The number of aliphatic hydroxyl groups excluding tert-OH is 1. The lowest BCUT2D eigenvalue weighted by Gasteiger charge is -2.43. The van der Waals surface area contributed by atoms with Crippen molar-refractivity contribution >= 4 is 0 Å². The standard InChI is InChI=1S/C13H26N2O/c1-11(2)15-7-6-14(9-12-3-4-12)10-13(15)5-8-16/h11-13,16H,3-10H2,1-2H3/t13-/m1/s1. The van der Waals surface area contributed by atoms with E-state index < -0.39 is 0 Å². The van der Waals surface area contributed by atoms with Gasteiger partial charge in [-0.25, -0.2) is 0 Å². The predicted molar refractivity (Wildman–Crippen MR) is 66.5 cm³/mol. The fourth-order valence-electron chi connectivity index (χ4n) is 2.85. The van der Waals surface area contributed by atoms with Crippen LogP contribution in [0.3, 0.4) is 0 Å². The van der Waals surface area contributed by atoms with E-state index in [0.29, 0.717) is 18.7 Å². The van der Waals surface area contributed by atoms with Crippen molar-refractivity contribution in [2.75, 3.05) is 32.8 Å². The van der Waals surface area contributed by atoms with Crippen molar-refractivity contribution in [1.29, 1.82) is 0 Å². The number of piperazine rings is 1. The highest BCUT2D eigenvalue weighted by molar-refractivity contribution is 4.86. The molecular weight excluding hydrogens is 200 g/mol. The molecule has 94 valence electrons. The minimum Gasteiger partial charge on any atom is -0.396 e. The topological polar surface area (TPSA) is 26.7 Å². The van der Waals surface area contributed by atoms with E-state index in [9.17, 15) is 0 Å².